The van der Waals surface area contributed by atoms with E-state index in [2.05, 4.69) is 5.32 Å². The second-order valence-corrected chi connectivity index (χ2v) is 4.85. The van der Waals surface area contributed by atoms with Crippen molar-refractivity contribution >= 4 is 5.69 Å². The number of hydrogen-bond donors (Lipinski definition) is 2. The second kappa shape index (κ2) is 6.28. The van der Waals surface area contributed by atoms with Crippen LogP contribution in [0.15, 0.2) is 15.8 Å². The number of H-pyrrole nitrogens is 1. The van der Waals surface area contributed by atoms with Crippen LogP contribution in [-0.4, -0.2) is 27.1 Å². The average molecular weight is 270 g/mol. The third-order valence-electron chi connectivity index (χ3n) is 2.57. The lowest BCUT2D eigenvalue weighted by molar-refractivity contribution is -0.386. The minimum Gasteiger partial charge on any atom is -0.314 e. The SMILES string of the molecule is CC(CNC(C)C)Cn1cc([N+](=O)[O-])c(=O)[nH]c1=O. The van der Waals surface area contributed by atoms with Crippen molar-refractivity contribution < 1.29 is 4.92 Å². The highest BCUT2D eigenvalue weighted by atomic mass is 16.6. The molecule has 1 aromatic rings. The Bertz CT molecular complexity index is 561. The van der Waals surface area contributed by atoms with E-state index in [1.807, 2.05) is 25.8 Å². The molecule has 0 aromatic carbocycles. The molecule has 1 aromatic heterocycles. The smallest absolute Gasteiger partial charge is 0.314 e. The lowest BCUT2D eigenvalue weighted by Gasteiger charge is -2.15. The van der Waals surface area contributed by atoms with E-state index in [4.69, 9.17) is 0 Å². The molecule has 0 saturated heterocycles. The molecule has 19 heavy (non-hydrogen) atoms. The van der Waals surface area contributed by atoms with E-state index in [0.717, 1.165) is 10.8 Å². The predicted octanol–water partition coefficient (Wildman–Crippen LogP) is 0.0789. The molecule has 1 rings (SSSR count). The Morgan fingerprint density at radius 1 is 1.42 bits per heavy atom. The molecule has 0 fully saturated rings. The normalized spacial score (nSPS) is 12.6. The quantitative estimate of drug-likeness (QED) is 0.562. The van der Waals surface area contributed by atoms with Crippen molar-refractivity contribution in [3.8, 4) is 0 Å². The van der Waals surface area contributed by atoms with Gasteiger partial charge in [0, 0.05) is 12.6 Å². The summed E-state index contributed by atoms with van der Waals surface area (Å²) >= 11 is 0. The van der Waals surface area contributed by atoms with Crippen LogP contribution < -0.4 is 16.6 Å². The maximum absolute atomic E-state index is 11.6. The highest BCUT2D eigenvalue weighted by Gasteiger charge is 2.16. The Hall–Kier alpha value is -1.96. The van der Waals surface area contributed by atoms with E-state index in [9.17, 15) is 19.7 Å². The molecule has 0 spiro atoms. The number of aromatic amines is 1. The fraction of sp³-hybridized carbons (Fsp3) is 0.636. The molecule has 106 valence electrons. The van der Waals surface area contributed by atoms with Crippen LogP contribution in [0, 0.1) is 16.0 Å². The summed E-state index contributed by atoms with van der Waals surface area (Å²) in [6.07, 6.45) is 0.993. The average Bonchev–Trinajstić information content (AvgIpc) is 2.29. The summed E-state index contributed by atoms with van der Waals surface area (Å²) in [5, 5.41) is 13.9. The van der Waals surface area contributed by atoms with E-state index in [1.54, 1.807) is 0 Å². The van der Waals surface area contributed by atoms with E-state index < -0.39 is 21.9 Å². The fourth-order valence-corrected chi connectivity index (χ4v) is 1.60. The molecule has 0 saturated carbocycles. The molecule has 2 N–H and O–H groups in total. The molecular formula is C11H18N4O4. The van der Waals surface area contributed by atoms with Gasteiger partial charge in [0.25, 0.3) is 0 Å². The molecule has 1 heterocycles. The van der Waals surface area contributed by atoms with Gasteiger partial charge in [-0.1, -0.05) is 20.8 Å². The van der Waals surface area contributed by atoms with E-state index in [1.165, 1.54) is 0 Å². The molecule has 1 unspecified atom stereocenters. The zero-order chi connectivity index (χ0) is 14.6. The predicted molar refractivity (Wildman–Crippen MR) is 70.3 cm³/mol. The van der Waals surface area contributed by atoms with Gasteiger partial charge in [0.1, 0.15) is 0 Å². The summed E-state index contributed by atoms with van der Waals surface area (Å²) in [5.41, 5.74) is -2.23. The maximum atomic E-state index is 11.6. The van der Waals surface area contributed by atoms with Gasteiger partial charge in [0.15, 0.2) is 0 Å². The molecule has 1 atom stereocenters. The minimum absolute atomic E-state index is 0.102. The van der Waals surface area contributed by atoms with Crippen molar-refractivity contribution in [3.63, 3.8) is 0 Å². The molecule has 0 aliphatic rings. The highest BCUT2D eigenvalue weighted by molar-refractivity contribution is 5.20. The Morgan fingerprint density at radius 3 is 2.58 bits per heavy atom. The van der Waals surface area contributed by atoms with Crippen LogP contribution >= 0.6 is 0 Å². The topological polar surface area (TPSA) is 110 Å². The van der Waals surface area contributed by atoms with Crippen LogP contribution in [-0.2, 0) is 6.54 Å². The first kappa shape index (κ1) is 15.1. The van der Waals surface area contributed by atoms with Crippen molar-refractivity contribution in [1.82, 2.24) is 14.9 Å². The lowest BCUT2D eigenvalue weighted by Crippen LogP contribution is -2.35. The first-order chi connectivity index (χ1) is 8.81. The monoisotopic (exact) mass is 270 g/mol. The number of nitro groups is 1. The van der Waals surface area contributed by atoms with Gasteiger partial charge in [0.05, 0.1) is 11.1 Å². The van der Waals surface area contributed by atoms with Gasteiger partial charge >= 0.3 is 16.9 Å². The molecule has 0 aliphatic heterocycles. The summed E-state index contributed by atoms with van der Waals surface area (Å²) in [4.78, 5) is 34.6. The van der Waals surface area contributed by atoms with Crippen LogP contribution in [0.4, 0.5) is 5.69 Å². The molecule has 8 heteroatoms. The molecule has 8 nitrogen and oxygen atoms in total. The summed E-state index contributed by atoms with van der Waals surface area (Å²) < 4.78 is 1.16. The zero-order valence-electron chi connectivity index (χ0n) is 11.2. The molecule has 0 amide bonds. The number of hydrogen-bond acceptors (Lipinski definition) is 5. The molecular weight excluding hydrogens is 252 g/mol. The highest BCUT2D eigenvalue weighted by Crippen LogP contribution is 2.02. The van der Waals surface area contributed by atoms with E-state index >= 15 is 0 Å². The summed E-state index contributed by atoms with van der Waals surface area (Å²) in [7, 11) is 0. The van der Waals surface area contributed by atoms with Crippen molar-refractivity contribution in [3.05, 3.63) is 37.1 Å². The van der Waals surface area contributed by atoms with E-state index in [0.29, 0.717) is 19.1 Å². The van der Waals surface area contributed by atoms with Crippen LogP contribution in [0.1, 0.15) is 20.8 Å². The molecule has 0 bridgehead atoms. The Labute approximate surface area is 109 Å². The van der Waals surface area contributed by atoms with Crippen LogP contribution in [0.3, 0.4) is 0 Å². The Balaban J connectivity index is 2.89. The fourth-order valence-electron chi connectivity index (χ4n) is 1.60. The van der Waals surface area contributed by atoms with Crippen molar-refractivity contribution in [2.75, 3.05) is 6.54 Å². The standard InChI is InChI=1S/C11H18N4O4/c1-7(2)12-4-8(3)5-14-6-9(15(18)19)10(16)13-11(14)17/h6-8,12H,4-5H2,1-3H3,(H,13,16,17). The first-order valence-electron chi connectivity index (χ1n) is 6.02. The van der Waals surface area contributed by atoms with Crippen LogP contribution in [0.2, 0.25) is 0 Å². The first-order valence-corrected chi connectivity index (χ1v) is 6.02. The summed E-state index contributed by atoms with van der Waals surface area (Å²) in [6, 6.07) is 0.323. The van der Waals surface area contributed by atoms with Crippen LogP contribution in [0.25, 0.3) is 0 Å². The zero-order valence-corrected chi connectivity index (χ0v) is 11.2. The van der Waals surface area contributed by atoms with Crippen molar-refractivity contribution in [2.45, 2.75) is 33.4 Å². The number of nitrogens with one attached hydrogen (secondary N) is 2. The molecule has 0 aliphatic carbocycles. The summed E-state index contributed by atoms with van der Waals surface area (Å²) in [6.45, 7) is 6.90. The van der Waals surface area contributed by atoms with Gasteiger partial charge in [-0.15, -0.1) is 0 Å². The van der Waals surface area contributed by atoms with Crippen LogP contribution in [0.5, 0.6) is 0 Å². The third kappa shape index (κ3) is 4.32. The Kier molecular flexibility index (Phi) is 4.99. The lowest BCUT2D eigenvalue weighted by atomic mass is 10.1. The third-order valence-corrected chi connectivity index (χ3v) is 2.57. The summed E-state index contributed by atoms with van der Waals surface area (Å²) in [5.74, 6) is 0.102. The maximum Gasteiger partial charge on any atom is 0.350 e. The number of aromatic nitrogens is 2. The van der Waals surface area contributed by atoms with Gasteiger partial charge in [0.2, 0.25) is 0 Å². The van der Waals surface area contributed by atoms with Gasteiger partial charge in [-0.25, -0.2) is 4.79 Å². The van der Waals surface area contributed by atoms with Gasteiger partial charge < -0.3 is 5.32 Å². The van der Waals surface area contributed by atoms with Gasteiger partial charge in [-0.2, -0.15) is 0 Å². The minimum atomic E-state index is -0.973. The molecule has 0 radical (unpaired) electrons. The van der Waals surface area contributed by atoms with E-state index in [-0.39, 0.29) is 5.92 Å². The van der Waals surface area contributed by atoms with Crippen molar-refractivity contribution in [1.29, 1.82) is 0 Å². The number of nitrogens with zero attached hydrogens (tertiary/aromatic N) is 2. The Morgan fingerprint density at radius 2 is 2.05 bits per heavy atom. The van der Waals surface area contributed by atoms with Gasteiger partial charge in [-0.3, -0.25) is 24.5 Å². The second-order valence-electron chi connectivity index (χ2n) is 4.85. The van der Waals surface area contributed by atoms with Crippen molar-refractivity contribution in [2.24, 2.45) is 5.92 Å². The number of rotatable bonds is 6. The van der Waals surface area contributed by atoms with Gasteiger partial charge in [-0.05, 0) is 12.5 Å². The largest absolute Gasteiger partial charge is 0.350 e.